The van der Waals surface area contributed by atoms with Crippen molar-refractivity contribution in [2.75, 3.05) is 6.54 Å². The molecule has 4 heteroatoms. The van der Waals surface area contributed by atoms with Crippen molar-refractivity contribution in [3.8, 4) is 0 Å². The summed E-state index contributed by atoms with van der Waals surface area (Å²) in [7, 11) is 0. The van der Waals surface area contributed by atoms with E-state index in [1.807, 2.05) is 11.8 Å². The molecule has 0 aromatic carbocycles. The second kappa shape index (κ2) is 5.17. The maximum atomic E-state index is 12.4. The Kier molecular flexibility index (Phi) is 3.61. The summed E-state index contributed by atoms with van der Waals surface area (Å²) in [5.41, 5.74) is 1.51. The number of aromatic amines is 1. The van der Waals surface area contributed by atoms with Gasteiger partial charge in [-0.25, -0.2) is 0 Å². The second-order valence-corrected chi connectivity index (χ2v) is 4.59. The fourth-order valence-corrected chi connectivity index (χ4v) is 2.47. The van der Waals surface area contributed by atoms with Crippen molar-refractivity contribution < 1.29 is 4.79 Å². The van der Waals surface area contributed by atoms with Gasteiger partial charge in [0.1, 0.15) is 0 Å². The first-order valence-corrected chi connectivity index (χ1v) is 6.16. The Balaban J connectivity index is 2.18. The topological polar surface area (TPSA) is 49.0 Å². The number of H-pyrrole nitrogens is 1. The van der Waals surface area contributed by atoms with E-state index in [1.165, 1.54) is 12.8 Å². The molecule has 1 fully saturated rings. The second-order valence-electron chi connectivity index (χ2n) is 4.59. The van der Waals surface area contributed by atoms with Gasteiger partial charge in [-0.2, -0.15) is 5.10 Å². The molecule has 17 heavy (non-hydrogen) atoms. The van der Waals surface area contributed by atoms with Crippen molar-refractivity contribution in [1.82, 2.24) is 15.1 Å². The van der Waals surface area contributed by atoms with E-state index in [-0.39, 0.29) is 5.91 Å². The lowest BCUT2D eigenvalue weighted by atomic mass is 10.1. The first-order chi connectivity index (χ1) is 8.24. The van der Waals surface area contributed by atoms with Crippen molar-refractivity contribution in [2.45, 2.75) is 38.6 Å². The minimum Gasteiger partial charge on any atom is -0.332 e. The van der Waals surface area contributed by atoms with Gasteiger partial charge < -0.3 is 4.90 Å². The quantitative estimate of drug-likeness (QED) is 0.811. The number of carbonyl (C=O) groups is 1. The summed E-state index contributed by atoms with van der Waals surface area (Å²) in [6, 6.07) is 0.370. The lowest BCUT2D eigenvalue weighted by Gasteiger charge is -2.27. The number of aromatic nitrogens is 2. The van der Waals surface area contributed by atoms with E-state index in [9.17, 15) is 4.79 Å². The molecular formula is C13H19N3O. The minimum atomic E-state index is 0.0723. The number of nitrogens with one attached hydrogen (secondary N) is 1. The fraction of sp³-hybridized carbons (Fsp3) is 0.538. The van der Waals surface area contributed by atoms with Crippen LogP contribution in [0.4, 0.5) is 0 Å². The molecular weight excluding hydrogens is 214 g/mol. The largest absolute Gasteiger partial charge is 0.332 e. The molecule has 0 unspecified atom stereocenters. The summed E-state index contributed by atoms with van der Waals surface area (Å²) in [6.45, 7) is 6.24. The van der Waals surface area contributed by atoms with Crippen molar-refractivity contribution in [3.05, 3.63) is 30.1 Å². The van der Waals surface area contributed by atoms with Gasteiger partial charge in [-0.3, -0.25) is 9.89 Å². The normalized spacial score (nSPS) is 16.1. The number of hydrogen-bond acceptors (Lipinski definition) is 2. The SMILES string of the molecule is C=CCN(C(=O)c1cn[nH]c1C)C1CCCC1. The van der Waals surface area contributed by atoms with Gasteiger partial charge in [-0.1, -0.05) is 18.9 Å². The van der Waals surface area contributed by atoms with Crippen LogP contribution < -0.4 is 0 Å². The Morgan fingerprint density at radius 2 is 2.35 bits per heavy atom. The minimum absolute atomic E-state index is 0.0723. The highest BCUT2D eigenvalue weighted by molar-refractivity contribution is 5.95. The average molecular weight is 233 g/mol. The lowest BCUT2D eigenvalue weighted by molar-refractivity contribution is 0.0706. The van der Waals surface area contributed by atoms with E-state index < -0.39 is 0 Å². The molecule has 1 aliphatic carbocycles. The Hall–Kier alpha value is -1.58. The zero-order valence-corrected chi connectivity index (χ0v) is 10.3. The van der Waals surface area contributed by atoms with E-state index in [0.717, 1.165) is 18.5 Å². The average Bonchev–Trinajstić information content (AvgIpc) is 2.95. The molecule has 1 heterocycles. The Morgan fingerprint density at radius 3 is 2.88 bits per heavy atom. The molecule has 0 atom stereocenters. The van der Waals surface area contributed by atoms with Gasteiger partial charge >= 0.3 is 0 Å². The standard InChI is InChI=1S/C13H19N3O/c1-3-8-16(11-6-4-5-7-11)13(17)12-9-14-15-10(12)2/h3,9,11H,1,4-8H2,2H3,(H,14,15). The van der Waals surface area contributed by atoms with Crippen LogP contribution in [0, 0.1) is 6.92 Å². The lowest BCUT2D eigenvalue weighted by Crippen LogP contribution is -2.39. The summed E-state index contributed by atoms with van der Waals surface area (Å²) in [5.74, 6) is 0.0723. The molecule has 0 spiro atoms. The monoisotopic (exact) mass is 233 g/mol. The van der Waals surface area contributed by atoms with Gasteiger partial charge in [0.15, 0.2) is 0 Å². The van der Waals surface area contributed by atoms with Crippen LogP contribution in [-0.2, 0) is 0 Å². The van der Waals surface area contributed by atoms with Crippen LogP contribution in [0.15, 0.2) is 18.9 Å². The van der Waals surface area contributed by atoms with Crippen molar-refractivity contribution in [1.29, 1.82) is 0 Å². The van der Waals surface area contributed by atoms with E-state index >= 15 is 0 Å². The van der Waals surface area contributed by atoms with Crippen LogP contribution in [0.5, 0.6) is 0 Å². The highest BCUT2D eigenvalue weighted by Crippen LogP contribution is 2.25. The molecule has 1 aromatic heterocycles. The Bertz CT molecular complexity index is 405. The number of carbonyl (C=O) groups excluding carboxylic acids is 1. The fourth-order valence-electron chi connectivity index (χ4n) is 2.47. The summed E-state index contributed by atoms with van der Waals surface area (Å²) in [4.78, 5) is 14.4. The highest BCUT2D eigenvalue weighted by Gasteiger charge is 2.27. The molecule has 1 N–H and O–H groups in total. The zero-order valence-electron chi connectivity index (χ0n) is 10.3. The first-order valence-electron chi connectivity index (χ1n) is 6.16. The number of rotatable bonds is 4. The molecule has 1 amide bonds. The maximum Gasteiger partial charge on any atom is 0.257 e. The van der Waals surface area contributed by atoms with Gasteiger partial charge in [0.25, 0.3) is 5.91 Å². The summed E-state index contributed by atoms with van der Waals surface area (Å²) < 4.78 is 0. The number of hydrogen-bond donors (Lipinski definition) is 1. The van der Waals surface area contributed by atoms with Crippen LogP contribution in [0.25, 0.3) is 0 Å². The van der Waals surface area contributed by atoms with Crippen molar-refractivity contribution in [2.24, 2.45) is 0 Å². The highest BCUT2D eigenvalue weighted by atomic mass is 16.2. The van der Waals surface area contributed by atoms with Crippen LogP contribution in [0.2, 0.25) is 0 Å². The Labute approximate surface area is 102 Å². The number of aryl methyl sites for hydroxylation is 1. The third-order valence-electron chi connectivity index (χ3n) is 3.41. The third kappa shape index (κ3) is 2.40. The summed E-state index contributed by atoms with van der Waals surface area (Å²) in [5, 5.41) is 6.73. The Morgan fingerprint density at radius 1 is 1.65 bits per heavy atom. The van der Waals surface area contributed by atoms with Gasteiger partial charge in [0, 0.05) is 18.3 Å². The molecule has 0 aliphatic heterocycles. The molecule has 2 rings (SSSR count). The van der Waals surface area contributed by atoms with Crippen LogP contribution >= 0.6 is 0 Å². The van der Waals surface area contributed by atoms with E-state index in [0.29, 0.717) is 18.2 Å². The van der Waals surface area contributed by atoms with Crippen molar-refractivity contribution >= 4 is 5.91 Å². The molecule has 0 saturated heterocycles. The summed E-state index contributed by atoms with van der Waals surface area (Å²) >= 11 is 0. The van der Waals surface area contributed by atoms with Gasteiger partial charge in [0.2, 0.25) is 0 Å². The molecule has 0 radical (unpaired) electrons. The zero-order chi connectivity index (χ0) is 12.3. The molecule has 92 valence electrons. The summed E-state index contributed by atoms with van der Waals surface area (Å²) in [6.07, 6.45) is 8.06. The predicted molar refractivity (Wildman–Crippen MR) is 66.8 cm³/mol. The van der Waals surface area contributed by atoms with Crippen LogP contribution in [0.3, 0.4) is 0 Å². The van der Waals surface area contributed by atoms with Gasteiger partial charge in [-0.15, -0.1) is 6.58 Å². The van der Waals surface area contributed by atoms with E-state index in [4.69, 9.17) is 0 Å². The molecule has 4 nitrogen and oxygen atoms in total. The van der Waals surface area contributed by atoms with Crippen LogP contribution in [-0.4, -0.2) is 33.6 Å². The number of amides is 1. The third-order valence-corrected chi connectivity index (χ3v) is 3.41. The van der Waals surface area contributed by atoms with Crippen LogP contribution in [0.1, 0.15) is 41.7 Å². The molecule has 1 aliphatic rings. The van der Waals surface area contributed by atoms with E-state index in [1.54, 1.807) is 12.3 Å². The molecule has 0 bridgehead atoms. The smallest absolute Gasteiger partial charge is 0.257 e. The van der Waals surface area contributed by atoms with Gasteiger partial charge in [-0.05, 0) is 19.8 Å². The molecule has 1 aromatic rings. The first kappa shape index (κ1) is 11.9. The maximum absolute atomic E-state index is 12.4. The molecule has 1 saturated carbocycles. The van der Waals surface area contributed by atoms with Crippen molar-refractivity contribution in [3.63, 3.8) is 0 Å². The predicted octanol–water partition coefficient (Wildman–Crippen LogP) is 2.29. The van der Waals surface area contributed by atoms with Gasteiger partial charge in [0.05, 0.1) is 11.8 Å². The number of nitrogens with zero attached hydrogens (tertiary/aromatic N) is 2. The van der Waals surface area contributed by atoms with E-state index in [2.05, 4.69) is 16.8 Å².